The maximum Gasteiger partial charge on any atom is 0.310 e. The van der Waals surface area contributed by atoms with E-state index in [0.29, 0.717) is 16.2 Å². The zero-order valence-corrected chi connectivity index (χ0v) is 13.7. The molecule has 0 bridgehead atoms. The second-order valence-electron chi connectivity index (χ2n) is 5.56. The average Bonchev–Trinajstić information content (AvgIpc) is 2.99. The fourth-order valence-corrected chi connectivity index (χ4v) is 2.82. The molecule has 1 aliphatic carbocycles. The van der Waals surface area contributed by atoms with E-state index in [0.717, 1.165) is 11.1 Å². The molecule has 0 fully saturated rings. The fourth-order valence-electron chi connectivity index (χ4n) is 2.70. The van der Waals surface area contributed by atoms with Gasteiger partial charge in [0.2, 0.25) is 5.89 Å². The minimum Gasteiger partial charge on any atom is -0.479 e. The number of hydrogen-bond donors (Lipinski definition) is 1. The quantitative estimate of drug-likeness (QED) is 0.672. The Morgan fingerprint density at radius 1 is 1.04 bits per heavy atom. The molecule has 25 heavy (non-hydrogen) atoms. The Morgan fingerprint density at radius 3 is 2.60 bits per heavy atom. The minimum absolute atomic E-state index is 0.144. The number of benzene rings is 2. The molecule has 3 aromatic rings. The van der Waals surface area contributed by atoms with Crippen LogP contribution in [0.25, 0.3) is 29.2 Å². The van der Waals surface area contributed by atoms with Crippen LogP contribution in [0.4, 0.5) is 0 Å². The molecule has 0 spiro atoms. The Morgan fingerprint density at radius 2 is 1.80 bits per heavy atom. The van der Waals surface area contributed by atoms with Crippen LogP contribution in [0.15, 0.2) is 59.0 Å². The van der Waals surface area contributed by atoms with E-state index < -0.39 is 0 Å². The molecule has 0 atom stereocenters. The van der Waals surface area contributed by atoms with E-state index in [4.69, 9.17) is 16.0 Å². The summed E-state index contributed by atoms with van der Waals surface area (Å²) in [7, 11) is 0. The summed E-state index contributed by atoms with van der Waals surface area (Å²) in [6.07, 6.45) is 4.82. The second-order valence-corrected chi connectivity index (χ2v) is 6.00. The van der Waals surface area contributed by atoms with Crippen LogP contribution < -0.4 is 0 Å². The van der Waals surface area contributed by atoms with Crippen molar-refractivity contribution in [1.29, 1.82) is 0 Å². The van der Waals surface area contributed by atoms with Crippen molar-refractivity contribution in [3.8, 4) is 17.4 Å². The van der Waals surface area contributed by atoms with Gasteiger partial charge in [-0.15, -0.1) is 0 Å². The van der Waals surface area contributed by atoms with Crippen LogP contribution in [0.2, 0.25) is 5.02 Å². The number of carbonyl (C=O) groups excluding carboxylic acids is 1. The summed E-state index contributed by atoms with van der Waals surface area (Å²) in [5.74, 6) is -0.223. The maximum absolute atomic E-state index is 12.3. The molecule has 0 amide bonds. The van der Waals surface area contributed by atoms with E-state index in [1.54, 1.807) is 36.4 Å². The Hall–Kier alpha value is -3.11. The number of halogens is 1. The third-order valence-electron chi connectivity index (χ3n) is 3.94. The van der Waals surface area contributed by atoms with Crippen molar-refractivity contribution < 1.29 is 14.3 Å². The van der Waals surface area contributed by atoms with Gasteiger partial charge in [-0.05, 0) is 47.5 Å². The van der Waals surface area contributed by atoms with Gasteiger partial charge in [0.15, 0.2) is 5.78 Å². The summed E-state index contributed by atoms with van der Waals surface area (Å²) in [6, 6.07) is 14.5. The topological polar surface area (TPSA) is 63.3 Å². The lowest BCUT2D eigenvalue weighted by Gasteiger charge is -2.12. The molecule has 122 valence electrons. The molecule has 0 unspecified atom stereocenters. The number of fused-ring (bicyclic) bond motifs is 1. The summed E-state index contributed by atoms with van der Waals surface area (Å²) in [5.41, 5.74) is 3.09. The van der Waals surface area contributed by atoms with Crippen molar-refractivity contribution in [2.24, 2.45) is 0 Å². The molecule has 2 aromatic carbocycles. The minimum atomic E-state index is -0.336. The lowest BCUT2D eigenvalue weighted by molar-refractivity contribution is -0.109. The fraction of sp³-hybridized carbons (Fsp3) is 0. The second kappa shape index (κ2) is 6.07. The first kappa shape index (κ1) is 15.4. The molecular weight excluding hydrogens is 338 g/mol. The molecule has 5 heteroatoms. The zero-order chi connectivity index (χ0) is 17.4. The van der Waals surface area contributed by atoms with E-state index in [9.17, 15) is 9.90 Å². The highest BCUT2D eigenvalue weighted by atomic mass is 35.5. The van der Waals surface area contributed by atoms with Crippen molar-refractivity contribution >= 4 is 35.1 Å². The van der Waals surface area contributed by atoms with E-state index in [-0.39, 0.29) is 23.3 Å². The van der Waals surface area contributed by atoms with Crippen LogP contribution in [-0.2, 0) is 4.79 Å². The van der Waals surface area contributed by atoms with Crippen LogP contribution in [0, 0.1) is 0 Å². The number of hydrogen-bond acceptors (Lipinski definition) is 4. The van der Waals surface area contributed by atoms with Gasteiger partial charge in [0.05, 0.1) is 0 Å². The Bertz CT molecular complexity index is 1030. The van der Waals surface area contributed by atoms with Gasteiger partial charge in [0, 0.05) is 16.2 Å². The molecule has 1 N–H and O–H groups in total. The van der Waals surface area contributed by atoms with Gasteiger partial charge in [-0.3, -0.25) is 4.79 Å². The largest absolute Gasteiger partial charge is 0.479 e. The maximum atomic E-state index is 12.3. The number of aromatic hydroxyl groups is 1. The van der Waals surface area contributed by atoms with E-state index >= 15 is 0 Å². The monoisotopic (exact) mass is 349 g/mol. The highest BCUT2D eigenvalue weighted by Gasteiger charge is 2.19. The number of nitrogens with zero attached hydrogens (tertiary/aromatic N) is 1. The molecule has 4 nitrogen and oxygen atoms in total. The lowest BCUT2D eigenvalue weighted by Crippen LogP contribution is -2.04. The van der Waals surface area contributed by atoms with Gasteiger partial charge >= 0.3 is 5.95 Å². The van der Waals surface area contributed by atoms with Crippen LogP contribution >= 0.6 is 11.6 Å². The van der Waals surface area contributed by atoms with E-state index in [1.807, 2.05) is 24.3 Å². The Kier molecular flexibility index (Phi) is 3.75. The molecule has 1 aliphatic rings. The molecule has 1 heterocycles. The SMILES string of the molecule is O=C1C=Cc2ccccc2C1=Cc1nc(-c2ccc(Cl)cc2)oc1O. The van der Waals surface area contributed by atoms with Crippen molar-refractivity contribution in [2.45, 2.75) is 0 Å². The molecule has 0 radical (unpaired) electrons. The Labute approximate surface area is 148 Å². The van der Waals surface area contributed by atoms with Gasteiger partial charge in [0.1, 0.15) is 5.69 Å². The van der Waals surface area contributed by atoms with Crippen LogP contribution in [0.1, 0.15) is 16.8 Å². The third kappa shape index (κ3) is 2.88. The number of oxazole rings is 1. The number of rotatable bonds is 2. The predicted molar refractivity (Wildman–Crippen MR) is 97.0 cm³/mol. The zero-order valence-electron chi connectivity index (χ0n) is 12.9. The first-order valence-electron chi connectivity index (χ1n) is 7.61. The standard InChI is InChI=1S/C20H12ClNO3/c21-14-8-5-13(6-9-14)19-22-17(20(24)25-19)11-16-15-4-2-1-3-12(15)7-10-18(16)23/h1-11,24H. The number of aromatic nitrogens is 1. The van der Waals surface area contributed by atoms with Crippen molar-refractivity contribution in [3.05, 3.63) is 76.5 Å². The van der Waals surface area contributed by atoms with Crippen LogP contribution in [0.3, 0.4) is 0 Å². The van der Waals surface area contributed by atoms with Crippen molar-refractivity contribution in [1.82, 2.24) is 4.98 Å². The van der Waals surface area contributed by atoms with Crippen LogP contribution in [0.5, 0.6) is 5.95 Å². The molecule has 0 saturated heterocycles. The smallest absolute Gasteiger partial charge is 0.310 e. The number of carbonyl (C=O) groups is 1. The summed E-state index contributed by atoms with van der Waals surface area (Å²) >= 11 is 5.87. The third-order valence-corrected chi connectivity index (χ3v) is 4.19. The first-order valence-corrected chi connectivity index (χ1v) is 7.99. The van der Waals surface area contributed by atoms with Crippen molar-refractivity contribution in [2.75, 3.05) is 0 Å². The highest BCUT2D eigenvalue weighted by molar-refractivity contribution is 6.33. The molecule has 0 aliphatic heterocycles. The van der Waals surface area contributed by atoms with Gasteiger partial charge in [-0.1, -0.05) is 41.9 Å². The molecule has 0 saturated carbocycles. The molecular formula is C20H12ClNO3. The van der Waals surface area contributed by atoms with Crippen molar-refractivity contribution in [3.63, 3.8) is 0 Å². The summed E-state index contributed by atoms with van der Waals surface area (Å²) < 4.78 is 5.33. The number of allylic oxidation sites excluding steroid dienone is 2. The average molecular weight is 350 g/mol. The summed E-state index contributed by atoms with van der Waals surface area (Å²) in [6.45, 7) is 0. The molecule has 1 aromatic heterocycles. The summed E-state index contributed by atoms with van der Waals surface area (Å²) in [5, 5.41) is 10.7. The van der Waals surface area contributed by atoms with Gasteiger partial charge < -0.3 is 9.52 Å². The normalized spacial score (nSPS) is 14.8. The lowest BCUT2D eigenvalue weighted by atomic mass is 9.91. The molecule has 4 rings (SSSR count). The van der Waals surface area contributed by atoms with Gasteiger partial charge in [-0.2, -0.15) is 0 Å². The van der Waals surface area contributed by atoms with Gasteiger partial charge in [-0.25, -0.2) is 4.98 Å². The number of ketones is 1. The highest BCUT2D eigenvalue weighted by Crippen LogP contribution is 2.32. The first-order chi connectivity index (χ1) is 12.1. The predicted octanol–water partition coefficient (Wildman–Crippen LogP) is 4.84. The van der Waals surface area contributed by atoms with Gasteiger partial charge in [0.25, 0.3) is 0 Å². The van der Waals surface area contributed by atoms with Crippen LogP contribution in [-0.4, -0.2) is 15.9 Å². The van der Waals surface area contributed by atoms with E-state index in [2.05, 4.69) is 4.98 Å². The Balaban J connectivity index is 1.78. The summed E-state index contributed by atoms with van der Waals surface area (Å²) in [4.78, 5) is 16.6. The van der Waals surface area contributed by atoms with E-state index in [1.165, 1.54) is 6.08 Å².